The fourth-order valence-corrected chi connectivity index (χ4v) is 4.46. The van der Waals surface area contributed by atoms with Gasteiger partial charge in [0.05, 0.1) is 5.69 Å². The summed E-state index contributed by atoms with van der Waals surface area (Å²) in [6, 6.07) is 5.62. The van der Waals surface area contributed by atoms with Gasteiger partial charge in [-0.1, -0.05) is 0 Å². The molecule has 4 heterocycles. The summed E-state index contributed by atoms with van der Waals surface area (Å²) in [5.74, 6) is 1.80. The largest absolute Gasteiger partial charge is 0.317 e. The second-order valence-corrected chi connectivity index (χ2v) is 7.72. The van der Waals surface area contributed by atoms with Crippen LogP contribution in [0.15, 0.2) is 29.2 Å². The average Bonchev–Trinajstić information content (AvgIpc) is 2.63. The Morgan fingerprint density at radius 2 is 1.74 bits per heavy atom. The maximum atomic E-state index is 12.3. The van der Waals surface area contributed by atoms with Crippen LogP contribution in [0.2, 0.25) is 0 Å². The number of halogens is 2. The molecule has 0 atom stereocenters. The lowest BCUT2D eigenvalue weighted by Gasteiger charge is -2.37. The first-order valence-corrected chi connectivity index (χ1v) is 9.61. The maximum Gasteiger partial charge on any atom is 0.258 e. The molecule has 2 fully saturated rings. The highest BCUT2D eigenvalue weighted by molar-refractivity contribution is 5.85. The van der Waals surface area contributed by atoms with Crippen LogP contribution in [0.1, 0.15) is 36.9 Å². The van der Waals surface area contributed by atoms with Gasteiger partial charge in [-0.15, -0.1) is 24.8 Å². The van der Waals surface area contributed by atoms with Crippen LogP contribution in [-0.2, 0) is 6.54 Å². The predicted octanol–water partition coefficient (Wildman–Crippen LogP) is 3.06. The Kier molecular flexibility index (Phi) is 8.10. The first-order chi connectivity index (χ1) is 12.2. The van der Waals surface area contributed by atoms with Gasteiger partial charge in [0.25, 0.3) is 5.56 Å². The maximum absolute atomic E-state index is 12.3. The Morgan fingerprint density at radius 1 is 1.07 bits per heavy atom. The molecule has 150 valence electrons. The van der Waals surface area contributed by atoms with E-state index in [0.717, 1.165) is 48.4 Å². The highest BCUT2D eigenvalue weighted by Gasteiger charge is 2.27. The summed E-state index contributed by atoms with van der Waals surface area (Å²) in [6.07, 6.45) is 7.07. The standard InChI is InChI=1S/C20H28N4O.2ClH/c1-15-4-11-24-19(12-15)22-18(13-20(24)25)14-23-9-5-17(6-10-23)16-2-7-21-8-3-16;;/h4,11-13,16-17,21H,2-3,5-10,14H2,1H3;2*1H. The molecule has 0 unspecified atom stereocenters. The summed E-state index contributed by atoms with van der Waals surface area (Å²) in [5.41, 5.74) is 2.81. The van der Waals surface area contributed by atoms with Gasteiger partial charge in [0, 0.05) is 18.8 Å². The SMILES string of the molecule is Cc1ccn2c(=O)cc(CN3CCC(C4CCNCC4)CC3)nc2c1.Cl.Cl. The molecule has 0 bridgehead atoms. The lowest BCUT2D eigenvalue weighted by molar-refractivity contribution is 0.125. The number of pyridine rings is 1. The van der Waals surface area contributed by atoms with E-state index in [1.165, 1.54) is 38.8 Å². The molecule has 0 spiro atoms. The van der Waals surface area contributed by atoms with Crippen LogP contribution in [0.4, 0.5) is 0 Å². The first kappa shape index (κ1) is 22.2. The zero-order chi connectivity index (χ0) is 17.2. The molecule has 0 radical (unpaired) electrons. The third-order valence-corrected chi connectivity index (χ3v) is 5.94. The number of hydrogen-bond donors (Lipinski definition) is 1. The molecule has 4 rings (SSSR count). The Hall–Kier alpha value is -1.14. The number of hydrogen-bond acceptors (Lipinski definition) is 4. The lowest BCUT2D eigenvalue weighted by atomic mass is 9.79. The first-order valence-electron chi connectivity index (χ1n) is 9.61. The number of piperidine rings is 2. The summed E-state index contributed by atoms with van der Waals surface area (Å²) in [6.45, 7) is 7.46. The Labute approximate surface area is 173 Å². The highest BCUT2D eigenvalue weighted by atomic mass is 35.5. The molecule has 0 amide bonds. The van der Waals surface area contributed by atoms with Gasteiger partial charge < -0.3 is 5.32 Å². The van der Waals surface area contributed by atoms with E-state index in [-0.39, 0.29) is 30.4 Å². The summed E-state index contributed by atoms with van der Waals surface area (Å²) >= 11 is 0. The molecular formula is C20H30Cl2N4O. The zero-order valence-electron chi connectivity index (χ0n) is 15.9. The Morgan fingerprint density at radius 3 is 2.44 bits per heavy atom. The van der Waals surface area contributed by atoms with Crippen LogP contribution < -0.4 is 10.9 Å². The number of aromatic nitrogens is 2. The highest BCUT2D eigenvalue weighted by Crippen LogP contribution is 2.31. The van der Waals surface area contributed by atoms with Crippen molar-refractivity contribution in [3.8, 4) is 0 Å². The minimum atomic E-state index is 0. The minimum absolute atomic E-state index is 0. The van der Waals surface area contributed by atoms with E-state index in [0.29, 0.717) is 0 Å². The van der Waals surface area contributed by atoms with Crippen LogP contribution >= 0.6 is 24.8 Å². The van der Waals surface area contributed by atoms with Crippen molar-refractivity contribution in [2.75, 3.05) is 26.2 Å². The number of rotatable bonds is 3. The number of aryl methyl sites for hydroxylation is 1. The monoisotopic (exact) mass is 412 g/mol. The molecule has 0 aromatic carbocycles. The fourth-order valence-electron chi connectivity index (χ4n) is 4.46. The van der Waals surface area contributed by atoms with E-state index in [2.05, 4.69) is 10.2 Å². The fraction of sp³-hybridized carbons (Fsp3) is 0.600. The minimum Gasteiger partial charge on any atom is -0.317 e. The molecule has 7 heteroatoms. The summed E-state index contributed by atoms with van der Waals surface area (Å²) in [5, 5.41) is 3.47. The summed E-state index contributed by atoms with van der Waals surface area (Å²) in [7, 11) is 0. The van der Waals surface area contributed by atoms with Gasteiger partial charge in [0.1, 0.15) is 5.65 Å². The zero-order valence-corrected chi connectivity index (χ0v) is 17.5. The molecule has 2 aliphatic heterocycles. The Bertz CT molecular complexity index is 796. The predicted molar refractivity (Wildman–Crippen MR) is 114 cm³/mol. The van der Waals surface area contributed by atoms with Gasteiger partial charge in [0.15, 0.2) is 0 Å². The van der Waals surface area contributed by atoms with Crippen molar-refractivity contribution in [2.24, 2.45) is 11.8 Å². The molecule has 1 N–H and O–H groups in total. The molecule has 0 saturated carbocycles. The normalized spacial score (nSPS) is 19.4. The van der Waals surface area contributed by atoms with Crippen molar-refractivity contribution >= 4 is 30.5 Å². The second kappa shape index (κ2) is 9.87. The molecular weight excluding hydrogens is 383 g/mol. The van der Waals surface area contributed by atoms with Crippen molar-refractivity contribution in [1.82, 2.24) is 19.6 Å². The summed E-state index contributed by atoms with van der Waals surface area (Å²) < 4.78 is 1.62. The van der Waals surface area contributed by atoms with Gasteiger partial charge in [-0.25, -0.2) is 4.98 Å². The molecule has 2 aromatic rings. The molecule has 27 heavy (non-hydrogen) atoms. The number of nitrogens with zero attached hydrogens (tertiary/aromatic N) is 3. The van der Waals surface area contributed by atoms with Gasteiger partial charge in [-0.2, -0.15) is 0 Å². The van der Waals surface area contributed by atoms with E-state index >= 15 is 0 Å². The molecule has 2 aromatic heterocycles. The smallest absolute Gasteiger partial charge is 0.258 e. The lowest BCUT2D eigenvalue weighted by Crippen LogP contribution is -2.39. The van der Waals surface area contributed by atoms with Crippen molar-refractivity contribution in [1.29, 1.82) is 0 Å². The van der Waals surface area contributed by atoms with Crippen LogP contribution in [0.5, 0.6) is 0 Å². The second-order valence-electron chi connectivity index (χ2n) is 7.72. The topological polar surface area (TPSA) is 49.6 Å². The third kappa shape index (κ3) is 5.23. The van der Waals surface area contributed by atoms with Crippen LogP contribution in [0, 0.1) is 18.8 Å². The van der Waals surface area contributed by atoms with E-state index in [1.807, 2.05) is 25.3 Å². The molecule has 0 aliphatic carbocycles. The molecule has 2 saturated heterocycles. The quantitative estimate of drug-likeness (QED) is 0.841. The van der Waals surface area contributed by atoms with Gasteiger partial charge in [-0.05, 0) is 88.3 Å². The number of likely N-dealkylation sites (tertiary alicyclic amines) is 1. The Balaban J connectivity index is 0.00000131. The van der Waals surface area contributed by atoms with E-state index in [1.54, 1.807) is 10.5 Å². The van der Waals surface area contributed by atoms with Crippen LogP contribution in [0.3, 0.4) is 0 Å². The van der Waals surface area contributed by atoms with Crippen molar-refractivity contribution < 1.29 is 0 Å². The average molecular weight is 413 g/mol. The van der Waals surface area contributed by atoms with Crippen molar-refractivity contribution in [3.63, 3.8) is 0 Å². The van der Waals surface area contributed by atoms with E-state index in [9.17, 15) is 4.79 Å². The van der Waals surface area contributed by atoms with Gasteiger partial charge >= 0.3 is 0 Å². The molecule has 2 aliphatic rings. The van der Waals surface area contributed by atoms with Crippen LogP contribution in [-0.4, -0.2) is 40.5 Å². The van der Waals surface area contributed by atoms with Gasteiger partial charge in [0.2, 0.25) is 0 Å². The van der Waals surface area contributed by atoms with Crippen molar-refractivity contribution in [3.05, 3.63) is 46.0 Å². The third-order valence-electron chi connectivity index (χ3n) is 5.94. The molecule has 5 nitrogen and oxygen atoms in total. The summed E-state index contributed by atoms with van der Waals surface area (Å²) in [4.78, 5) is 19.5. The van der Waals surface area contributed by atoms with E-state index in [4.69, 9.17) is 4.98 Å². The van der Waals surface area contributed by atoms with Crippen LogP contribution in [0.25, 0.3) is 5.65 Å². The van der Waals surface area contributed by atoms with E-state index < -0.39 is 0 Å². The number of nitrogens with one attached hydrogen (secondary N) is 1. The van der Waals surface area contributed by atoms with Gasteiger partial charge in [-0.3, -0.25) is 14.1 Å². The van der Waals surface area contributed by atoms with Crippen molar-refractivity contribution in [2.45, 2.75) is 39.2 Å². The number of fused-ring (bicyclic) bond motifs is 1.